The molecular weight excluding hydrogens is 450 g/mol. The molecule has 176 valence electrons. The quantitative estimate of drug-likeness (QED) is 0.273. The maximum absolute atomic E-state index is 12.3. The van der Waals surface area contributed by atoms with Crippen molar-refractivity contribution in [3.8, 4) is 16.9 Å². The Balaban J connectivity index is 1.43. The number of halogens is 1. The zero-order valence-corrected chi connectivity index (χ0v) is 19.7. The largest absolute Gasteiger partial charge is 0.452 e. The number of benzene rings is 2. The maximum Gasteiger partial charge on any atom is 0.331 e. The number of amides is 1. The monoisotopic (exact) mass is 477 g/mol. The summed E-state index contributed by atoms with van der Waals surface area (Å²) in [7, 11) is 0. The van der Waals surface area contributed by atoms with Crippen molar-refractivity contribution in [1.82, 2.24) is 15.1 Å². The van der Waals surface area contributed by atoms with Crippen LogP contribution in [0.15, 0.2) is 66.9 Å². The molecule has 6 nitrogen and oxygen atoms in total. The number of hydrogen-bond donors (Lipinski definition) is 1. The summed E-state index contributed by atoms with van der Waals surface area (Å²) in [5.74, 6) is -0.835. The minimum absolute atomic E-state index is 0.176. The number of nitrogens with one attached hydrogen (secondary N) is 1. The molecule has 1 amide bonds. The zero-order chi connectivity index (χ0) is 23.8. The van der Waals surface area contributed by atoms with Gasteiger partial charge in [0.05, 0.1) is 11.4 Å². The van der Waals surface area contributed by atoms with Crippen molar-refractivity contribution in [2.24, 2.45) is 0 Å². The van der Waals surface area contributed by atoms with Crippen LogP contribution in [0, 0.1) is 0 Å². The summed E-state index contributed by atoms with van der Waals surface area (Å²) in [6.07, 6.45) is 11.5. The van der Waals surface area contributed by atoms with E-state index in [2.05, 4.69) is 5.32 Å². The van der Waals surface area contributed by atoms with Crippen molar-refractivity contribution in [2.45, 2.75) is 44.6 Å². The van der Waals surface area contributed by atoms with Gasteiger partial charge >= 0.3 is 5.97 Å². The average molecular weight is 478 g/mol. The highest BCUT2D eigenvalue weighted by molar-refractivity contribution is 6.30. The molecule has 2 aromatic carbocycles. The van der Waals surface area contributed by atoms with Gasteiger partial charge in [-0.3, -0.25) is 4.79 Å². The van der Waals surface area contributed by atoms with Gasteiger partial charge < -0.3 is 10.1 Å². The summed E-state index contributed by atoms with van der Waals surface area (Å²) in [5, 5.41) is 8.32. The predicted molar refractivity (Wildman–Crippen MR) is 134 cm³/mol. The Bertz CT molecular complexity index is 1130. The average Bonchev–Trinajstić information content (AvgIpc) is 3.12. The van der Waals surface area contributed by atoms with E-state index in [1.165, 1.54) is 18.9 Å². The van der Waals surface area contributed by atoms with Crippen LogP contribution in [-0.2, 0) is 14.3 Å². The lowest BCUT2D eigenvalue weighted by molar-refractivity contribution is -0.144. The molecule has 0 aliphatic heterocycles. The van der Waals surface area contributed by atoms with Crippen LogP contribution in [-0.4, -0.2) is 34.3 Å². The van der Waals surface area contributed by atoms with Gasteiger partial charge in [0.1, 0.15) is 0 Å². The van der Waals surface area contributed by atoms with Crippen LogP contribution < -0.4 is 5.32 Å². The maximum atomic E-state index is 12.3. The van der Waals surface area contributed by atoms with Crippen molar-refractivity contribution in [3.63, 3.8) is 0 Å². The topological polar surface area (TPSA) is 73.2 Å². The van der Waals surface area contributed by atoms with Crippen molar-refractivity contribution < 1.29 is 14.3 Å². The van der Waals surface area contributed by atoms with E-state index in [0.717, 1.165) is 42.5 Å². The number of carbonyl (C=O) groups is 2. The van der Waals surface area contributed by atoms with Gasteiger partial charge in [0.2, 0.25) is 0 Å². The molecule has 1 N–H and O–H groups in total. The van der Waals surface area contributed by atoms with E-state index in [-0.39, 0.29) is 18.6 Å². The lowest BCUT2D eigenvalue weighted by atomic mass is 10.1. The number of hydrogen-bond acceptors (Lipinski definition) is 4. The number of esters is 1. The second-order valence-electron chi connectivity index (χ2n) is 8.42. The standard InChI is InChI=1S/C27H28ClN3O3/c28-22-15-12-20(13-16-22)27-21(18-31(30-27)24-10-6-3-7-11-24)14-17-26(33)34-19-25(32)29-23-8-4-1-2-5-9-23/h3,6-7,10-18,23H,1-2,4-5,8-9,19H2,(H,29,32)/b17-14+. The Morgan fingerprint density at radius 1 is 1.03 bits per heavy atom. The highest BCUT2D eigenvalue weighted by atomic mass is 35.5. The third-order valence-electron chi connectivity index (χ3n) is 5.85. The highest BCUT2D eigenvalue weighted by Crippen LogP contribution is 2.26. The van der Waals surface area contributed by atoms with Crippen LogP contribution in [0.4, 0.5) is 0 Å². The molecule has 4 rings (SSSR count). The number of carbonyl (C=O) groups excluding carboxylic acids is 2. The smallest absolute Gasteiger partial charge is 0.331 e. The SMILES string of the molecule is O=C(COC(=O)/C=C/c1cn(-c2ccccc2)nc1-c1ccc(Cl)cc1)NC1CCCCCC1. The van der Waals surface area contributed by atoms with Crippen LogP contribution in [0.2, 0.25) is 5.02 Å². The lowest BCUT2D eigenvalue weighted by Crippen LogP contribution is -2.37. The van der Waals surface area contributed by atoms with Crippen molar-refractivity contribution in [1.29, 1.82) is 0 Å². The van der Waals surface area contributed by atoms with Crippen molar-refractivity contribution in [3.05, 3.63) is 77.5 Å². The Hall–Kier alpha value is -3.38. The molecule has 0 unspecified atom stereocenters. The second kappa shape index (κ2) is 11.7. The molecule has 0 radical (unpaired) electrons. The van der Waals surface area contributed by atoms with Gasteiger partial charge in [0.15, 0.2) is 6.61 Å². The molecule has 7 heteroatoms. The van der Waals surface area contributed by atoms with E-state index in [9.17, 15) is 9.59 Å². The molecule has 1 fully saturated rings. The number of ether oxygens (including phenoxy) is 1. The van der Waals surface area contributed by atoms with Crippen LogP contribution in [0.5, 0.6) is 0 Å². The summed E-state index contributed by atoms with van der Waals surface area (Å²) >= 11 is 6.04. The summed E-state index contributed by atoms with van der Waals surface area (Å²) in [5.41, 5.74) is 3.21. The number of aromatic nitrogens is 2. The van der Waals surface area contributed by atoms with Crippen molar-refractivity contribution in [2.75, 3.05) is 6.61 Å². The van der Waals surface area contributed by atoms with Crippen LogP contribution in [0.25, 0.3) is 23.0 Å². The number of para-hydroxylation sites is 1. The normalized spacial score (nSPS) is 14.6. The molecule has 0 bridgehead atoms. The fourth-order valence-corrected chi connectivity index (χ4v) is 4.22. The van der Waals surface area contributed by atoms with E-state index in [4.69, 9.17) is 21.4 Å². The molecule has 1 aliphatic carbocycles. The minimum atomic E-state index is -0.578. The summed E-state index contributed by atoms with van der Waals surface area (Å²) in [6, 6.07) is 17.3. The lowest BCUT2D eigenvalue weighted by Gasteiger charge is -2.15. The first-order chi connectivity index (χ1) is 16.6. The van der Waals surface area contributed by atoms with E-state index < -0.39 is 5.97 Å². The first-order valence-corrected chi connectivity index (χ1v) is 12.0. The molecule has 3 aromatic rings. The molecule has 0 atom stereocenters. The molecule has 1 saturated carbocycles. The number of nitrogens with zero attached hydrogens (tertiary/aromatic N) is 2. The fourth-order valence-electron chi connectivity index (χ4n) is 4.09. The highest BCUT2D eigenvalue weighted by Gasteiger charge is 2.16. The second-order valence-corrected chi connectivity index (χ2v) is 8.85. The van der Waals surface area contributed by atoms with E-state index in [1.54, 1.807) is 22.9 Å². The molecular formula is C27H28ClN3O3. The van der Waals surface area contributed by atoms with Gasteiger partial charge in [0, 0.05) is 34.5 Å². The summed E-state index contributed by atoms with van der Waals surface area (Å²) in [4.78, 5) is 24.5. The Labute approximate surface area is 204 Å². The summed E-state index contributed by atoms with van der Waals surface area (Å²) < 4.78 is 6.93. The Morgan fingerprint density at radius 2 is 1.74 bits per heavy atom. The molecule has 1 heterocycles. The van der Waals surface area contributed by atoms with Crippen LogP contribution >= 0.6 is 11.6 Å². The minimum Gasteiger partial charge on any atom is -0.452 e. The van der Waals surface area contributed by atoms with Gasteiger partial charge in [-0.15, -0.1) is 0 Å². The van der Waals surface area contributed by atoms with Crippen molar-refractivity contribution >= 4 is 29.6 Å². The third kappa shape index (κ3) is 6.58. The van der Waals surface area contributed by atoms with E-state index >= 15 is 0 Å². The van der Waals surface area contributed by atoms with Gasteiger partial charge in [-0.1, -0.05) is 67.6 Å². The summed E-state index contributed by atoms with van der Waals surface area (Å²) in [6.45, 7) is -0.285. The van der Waals surface area contributed by atoms with Gasteiger partial charge in [0.25, 0.3) is 5.91 Å². The predicted octanol–water partition coefficient (Wildman–Crippen LogP) is 5.59. The zero-order valence-electron chi connectivity index (χ0n) is 19.0. The first kappa shape index (κ1) is 23.8. The molecule has 0 saturated heterocycles. The third-order valence-corrected chi connectivity index (χ3v) is 6.10. The molecule has 0 spiro atoms. The number of rotatable bonds is 7. The first-order valence-electron chi connectivity index (χ1n) is 11.6. The molecule has 1 aromatic heterocycles. The molecule has 1 aliphatic rings. The molecule has 34 heavy (non-hydrogen) atoms. The van der Waals surface area contributed by atoms with E-state index in [1.807, 2.05) is 48.7 Å². The van der Waals surface area contributed by atoms with Crippen LogP contribution in [0.1, 0.15) is 44.1 Å². The van der Waals surface area contributed by atoms with Crippen LogP contribution in [0.3, 0.4) is 0 Å². The Morgan fingerprint density at radius 3 is 2.44 bits per heavy atom. The van der Waals surface area contributed by atoms with Gasteiger partial charge in [-0.05, 0) is 43.2 Å². The van der Waals surface area contributed by atoms with Gasteiger partial charge in [-0.2, -0.15) is 5.10 Å². The fraction of sp³-hybridized carbons (Fsp3) is 0.296. The van der Waals surface area contributed by atoms with E-state index in [0.29, 0.717) is 10.7 Å². The Kier molecular flexibility index (Phi) is 8.15. The van der Waals surface area contributed by atoms with Gasteiger partial charge in [-0.25, -0.2) is 9.48 Å².